The summed E-state index contributed by atoms with van der Waals surface area (Å²) in [7, 11) is -2.26. The molecule has 9 heteroatoms. The molecule has 0 unspecified atom stereocenters. The second-order valence-corrected chi connectivity index (χ2v) is 11.0. The van der Waals surface area contributed by atoms with E-state index in [0.717, 1.165) is 28.8 Å². The highest BCUT2D eigenvalue weighted by molar-refractivity contribution is 7.89. The molecule has 0 bridgehead atoms. The van der Waals surface area contributed by atoms with Crippen molar-refractivity contribution in [1.82, 2.24) is 9.29 Å². The first-order valence-corrected chi connectivity index (χ1v) is 12.5. The second kappa shape index (κ2) is 7.96. The SMILES string of the molecule is CCCn1c(=O)sc2cc(S(=O)(=O)N[C@H]3CC(C)(C)Oc4ccc(OC)cc43)ccc21. The third kappa shape index (κ3) is 4.22. The molecule has 0 radical (unpaired) electrons. The maximum absolute atomic E-state index is 13.3. The van der Waals surface area contributed by atoms with Crippen molar-refractivity contribution in [2.24, 2.45) is 0 Å². The Balaban J connectivity index is 1.71. The Labute approximate surface area is 185 Å². The molecule has 1 atom stereocenters. The van der Waals surface area contributed by atoms with Gasteiger partial charge in [0.2, 0.25) is 10.0 Å². The maximum atomic E-state index is 13.3. The fraction of sp³-hybridized carbons (Fsp3) is 0.409. The molecule has 0 saturated carbocycles. The van der Waals surface area contributed by atoms with Crippen LogP contribution in [0.5, 0.6) is 11.5 Å². The summed E-state index contributed by atoms with van der Waals surface area (Å²) in [4.78, 5) is 12.3. The van der Waals surface area contributed by atoms with Crippen LogP contribution in [0.15, 0.2) is 46.1 Å². The zero-order chi connectivity index (χ0) is 22.4. The van der Waals surface area contributed by atoms with Crippen LogP contribution in [0.1, 0.15) is 45.2 Å². The Morgan fingerprint density at radius 2 is 2.03 bits per heavy atom. The van der Waals surface area contributed by atoms with Crippen LogP contribution in [0.3, 0.4) is 0 Å². The molecule has 4 rings (SSSR count). The van der Waals surface area contributed by atoms with Gasteiger partial charge < -0.3 is 9.47 Å². The number of methoxy groups -OCH3 is 1. The molecule has 2 heterocycles. The summed E-state index contributed by atoms with van der Waals surface area (Å²) in [5.74, 6) is 1.27. The lowest BCUT2D eigenvalue weighted by molar-refractivity contribution is 0.0700. The van der Waals surface area contributed by atoms with Crippen LogP contribution in [0.2, 0.25) is 0 Å². The van der Waals surface area contributed by atoms with Crippen LogP contribution >= 0.6 is 11.3 Å². The predicted molar refractivity (Wildman–Crippen MR) is 122 cm³/mol. The van der Waals surface area contributed by atoms with E-state index in [1.54, 1.807) is 48.1 Å². The third-order valence-electron chi connectivity index (χ3n) is 5.37. The molecule has 166 valence electrons. The van der Waals surface area contributed by atoms with Gasteiger partial charge in [0, 0.05) is 18.5 Å². The number of nitrogens with one attached hydrogen (secondary N) is 1. The molecular formula is C22H26N2O5S2. The summed E-state index contributed by atoms with van der Waals surface area (Å²) in [6, 6.07) is 9.77. The zero-order valence-electron chi connectivity index (χ0n) is 18.0. The third-order valence-corrected chi connectivity index (χ3v) is 7.78. The predicted octanol–water partition coefficient (Wildman–Crippen LogP) is 4.06. The van der Waals surface area contributed by atoms with Crippen LogP contribution in [0.4, 0.5) is 0 Å². The van der Waals surface area contributed by atoms with E-state index in [4.69, 9.17) is 9.47 Å². The molecule has 0 amide bonds. The first-order valence-electron chi connectivity index (χ1n) is 10.2. The maximum Gasteiger partial charge on any atom is 0.308 e. The molecule has 0 saturated heterocycles. The molecule has 2 aromatic carbocycles. The minimum Gasteiger partial charge on any atom is -0.497 e. The molecular weight excluding hydrogens is 436 g/mol. The van der Waals surface area contributed by atoms with Crippen LogP contribution in [-0.4, -0.2) is 25.7 Å². The number of thiazole rings is 1. The summed E-state index contributed by atoms with van der Waals surface area (Å²) >= 11 is 1.07. The lowest BCUT2D eigenvalue weighted by Crippen LogP contribution is -2.41. The first-order chi connectivity index (χ1) is 14.6. The Kier molecular flexibility index (Phi) is 5.61. The van der Waals surface area contributed by atoms with E-state index in [1.165, 1.54) is 0 Å². The van der Waals surface area contributed by atoms with Gasteiger partial charge in [-0.2, -0.15) is 0 Å². The number of hydrogen-bond donors (Lipinski definition) is 1. The van der Waals surface area contributed by atoms with Crippen molar-refractivity contribution < 1.29 is 17.9 Å². The number of sulfonamides is 1. The lowest BCUT2D eigenvalue weighted by Gasteiger charge is -2.37. The Bertz CT molecular complexity index is 1290. The molecule has 7 nitrogen and oxygen atoms in total. The Morgan fingerprint density at radius 1 is 1.26 bits per heavy atom. The number of aryl methyl sites for hydroxylation is 1. The average molecular weight is 463 g/mol. The molecule has 0 spiro atoms. The van der Waals surface area contributed by atoms with E-state index in [2.05, 4.69) is 4.72 Å². The van der Waals surface area contributed by atoms with Crippen molar-refractivity contribution in [3.63, 3.8) is 0 Å². The topological polar surface area (TPSA) is 86.6 Å². The Hall–Kier alpha value is -2.36. The van der Waals surface area contributed by atoms with Crippen LogP contribution in [0.25, 0.3) is 10.2 Å². The van der Waals surface area contributed by atoms with Gasteiger partial charge in [-0.15, -0.1) is 0 Å². The highest BCUT2D eigenvalue weighted by Gasteiger charge is 2.36. The fourth-order valence-corrected chi connectivity index (χ4v) is 6.24. The first kappa shape index (κ1) is 21.9. The summed E-state index contributed by atoms with van der Waals surface area (Å²) in [6.45, 7) is 6.47. The van der Waals surface area contributed by atoms with Crippen LogP contribution in [-0.2, 0) is 16.6 Å². The van der Waals surface area contributed by atoms with Gasteiger partial charge in [0.15, 0.2) is 0 Å². The fourth-order valence-electron chi connectivity index (χ4n) is 3.97. The Morgan fingerprint density at radius 3 is 2.74 bits per heavy atom. The van der Waals surface area contributed by atoms with Gasteiger partial charge in [0.25, 0.3) is 0 Å². The van der Waals surface area contributed by atoms with Crippen molar-refractivity contribution in [3.05, 3.63) is 51.6 Å². The molecule has 0 fully saturated rings. The normalized spacial score (nSPS) is 17.9. The molecule has 1 aliphatic rings. The molecule has 0 aliphatic carbocycles. The molecule has 1 aromatic heterocycles. The zero-order valence-corrected chi connectivity index (χ0v) is 19.6. The van der Waals surface area contributed by atoms with Crippen molar-refractivity contribution in [3.8, 4) is 11.5 Å². The van der Waals surface area contributed by atoms with Gasteiger partial charge in [-0.05, 0) is 56.7 Å². The minimum atomic E-state index is -3.83. The van der Waals surface area contributed by atoms with E-state index in [0.29, 0.717) is 29.2 Å². The van der Waals surface area contributed by atoms with Crippen molar-refractivity contribution >= 4 is 31.6 Å². The minimum absolute atomic E-state index is 0.0773. The summed E-state index contributed by atoms with van der Waals surface area (Å²) < 4.78 is 43.1. The van der Waals surface area contributed by atoms with Gasteiger partial charge in [-0.25, -0.2) is 13.1 Å². The van der Waals surface area contributed by atoms with Gasteiger partial charge in [-0.1, -0.05) is 18.3 Å². The average Bonchev–Trinajstić information content (AvgIpc) is 3.01. The van der Waals surface area contributed by atoms with Gasteiger partial charge in [0.1, 0.15) is 17.1 Å². The van der Waals surface area contributed by atoms with E-state index >= 15 is 0 Å². The van der Waals surface area contributed by atoms with E-state index < -0.39 is 21.7 Å². The smallest absolute Gasteiger partial charge is 0.308 e. The number of benzene rings is 2. The molecule has 1 N–H and O–H groups in total. The molecule has 3 aromatic rings. The monoisotopic (exact) mass is 462 g/mol. The highest BCUT2D eigenvalue weighted by atomic mass is 32.2. The summed E-state index contributed by atoms with van der Waals surface area (Å²) in [5, 5.41) is 0. The number of rotatable bonds is 6. The van der Waals surface area contributed by atoms with Crippen molar-refractivity contribution in [2.75, 3.05) is 7.11 Å². The van der Waals surface area contributed by atoms with Crippen molar-refractivity contribution in [2.45, 2.75) is 56.7 Å². The number of fused-ring (bicyclic) bond motifs is 2. The lowest BCUT2D eigenvalue weighted by atomic mass is 9.90. The van der Waals surface area contributed by atoms with Crippen molar-refractivity contribution in [1.29, 1.82) is 0 Å². The van der Waals surface area contributed by atoms with E-state index in [9.17, 15) is 13.2 Å². The summed E-state index contributed by atoms with van der Waals surface area (Å²) in [6.07, 6.45) is 1.30. The molecule has 1 aliphatic heterocycles. The van der Waals surface area contributed by atoms with Crippen LogP contribution in [0, 0.1) is 0 Å². The van der Waals surface area contributed by atoms with Crippen LogP contribution < -0.4 is 19.1 Å². The largest absolute Gasteiger partial charge is 0.497 e. The number of nitrogens with zero attached hydrogens (tertiary/aromatic N) is 1. The number of aromatic nitrogens is 1. The highest BCUT2D eigenvalue weighted by Crippen LogP contribution is 2.41. The number of hydrogen-bond acceptors (Lipinski definition) is 6. The van der Waals surface area contributed by atoms with E-state index in [1.807, 2.05) is 20.8 Å². The van der Waals surface area contributed by atoms with Gasteiger partial charge in [0.05, 0.1) is 28.3 Å². The quantitative estimate of drug-likeness (QED) is 0.597. The van der Waals surface area contributed by atoms with Gasteiger partial charge >= 0.3 is 4.87 Å². The standard InChI is InChI=1S/C22H26N2O5S2/c1-5-10-24-18-8-7-15(12-20(18)30-21(24)25)31(26,27)23-17-13-22(2,3)29-19-9-6-14(28-4)11-16(17)19/h6-9,11-12,17,23H,5,10,13H2,1-4H3/t17-/m0/s1. The van der Waals surface area contributed by atoms with Gasteiger partial charge in [-0.3, -0.25) is 9.36 Å². The number of ether oxygens (including phenoxy) is 2. The molecule has 31 heavy (non-hydrogen) atoms. The summed E-state index contributed by atoms with van der Waals surface area (Å²) in [5.41, 5.74) is 0.968. The van der Waals surface area contributed by atoms with E-state index in [-0.39, 0.29) is 9.77 Å². The second-order valence-electron chi connectivity index (χ2n) is 8.29.